The summed E-state index contributed by atoms with van der Waals surface area (Å²) in [7, 11) is 0. The van der Waals surface area contributed by atoms with Crippen LogP contribution in [0.3, 0.4) is 0 Å². The quantitative estimate of drug-likeness (QED) is 0.813. The fourth-order valence-electron chi connectivity index (χ4n) is 2.04. The number of benzene rings is 1. The van der Waals surface area contributed by atoms with Crippen LogP contribution in [-0.4, -0.2) is 34.1 Å². The zero-order chi connectivity index (χ0) is 20.7. The lowest BCUT2D eigenvalue weighted by Gasteiger charge is -2.19. The van der Waals surface area contributed by atoms with Crippen LogP contribution < -0.4 is 15.4 Å². The van der Waals surface area contributed by atoms with Gasteiger partial charge in [-0.2, -0.15) is 5.26 Å². The first kappa shape index (κ1) is 20.6. The Morgan fingerprint density at radius 2 is 1.89 bits per heavy atom. The Kier molecular flexibility index (Phi) is 6.50. The summed E-state index contributed by atoms with van der Waals surface area (Å²) in [4.78, 5) is 31.5. The van der Waals surface area contributed by atoms with Gasteiger partial charge in [-0.3, -0.25) is 4.79 Å². The van der Waals surface area contributed by atoms with Crippen molar-refractivity contribution in [3.63, 3.8) is 0 Å². The van der Waals surface area contributed by atoms with Crippen molar-refractivity contribution in [3.8, 4) is 17.8 Å². The third-order valence-corrected chi connectivity index (χ3v) is 3.21. The highest BCUT2D eigenvalue weighted by Gasteiger charge is 2.16. The lowest BCUT2D eigenvalue weighted by Crippen LogP contribution is -2.37. The predicted molar refractivity (Wildman–Crippen MR) is 101 cm³/mol. The van der Waals surface area contributed by atoms with Crippen molar-refractivity contribution in [1.29, 1.82) is 5.26 Å². The number of nitriles is 1. The molecular formula is C19H21N5O4. The van der Waals surface area contributed by atoms with Crippen LogP contribution in [0.4, 0.5) is 10.5 Å². The van der Waals surface area contributed by atoms with Crippen molar-refractivity contribution in [1.82, 2.24) is 15.3 Å². The highest BCUT2D eigenvalue weighted by molar-refractivity contribution is 5.93. The molecule has 0 atom stereocenters. The molecule has 0 saturated heterocycles. The van der Waals surface area contributed by atoms with Crippen LogP contribution in [0.2, 0.25) is 0 Å². The zero-order valence-corrected chi connectivity index (χ0v) is 16.1. The maximum atomic E-state index is 11.9. The minimum Gasteiger partial charge on any atom is -0.444 e. The predicted octanol–water partition coefficient (Wildman–Crippen LogP) is 2.91. The number of carbonyl (C=O) groups is 2. The minimum absolute atomic E-state index is 0.0951. The zero-order valence-electron chi connectivity index (χ0n) is 16.1. The van der Waals surface area contributed by atoms with Gasteiger partial charge in [0.1, 0.15) is 17.9 Å². The molecule has 2 rings (SSSR count). The van der Waals surface area contributed by atoms with E-state index in [-0.39, 0.29) is 12.6 Å². The molecular weight excluding hydrogens is 362 g/mol. The van der Waals surface area contributed by atoms with E-state index in [1.54, 1.807) is 39.0 Å². The Labute approximate surface area is 162 Å². The van der Waals surface area contributed by atoms with Crippen LogP contribution in [0.25, 0.3) is 0 Å². The van der Waals surface area contributed by atoms with E-state index in [1.165, 1.54) is 12.4 Å². The van der Waals surface area contributed by atoms with Crippen molar-refractivity contribution < 1.29 is 19.1 Å². The molecule has 0 spiro atoms. The van der Waals surface area contributed by atoms with Gasteiger partial charge in [-0.25, -0.2) is 14.8 Å². The Morgan fingerprint density at radius 3 is 2.46 bits per heavy atom. The smallest absolute Gasteiger partial charge is 0.408 e. The Hall–Kier alpha value is -3.67. The molecule has 9 heteroatoms. The second-order valence-corrected chi connectivity index (χ2v) is 6.85. The largest absolute Gasteiger partial charge is 0.444 e. The van der Waals surface area contributed by atoms with Gasteiger partial charge < -0.3 is 20.1 Å². The molecule has 0 aliphatic rings. The molecule has 0 saturated carbocycles. The summed E-state index contributed by atoms with van der Waals surface area (Å²) in [6.45, 7) is 6.74. The van der Waals surface area contributed by atoms with Crippen molar-refractivity contribution >= 4 is 17.7 Å². The third kappa shape index (κ3) is 6.57. The van der Waals surface area contributed by atoms with E-state index < -0.39 is 17.6 Å². The summed E-state index contributed by atoms with van der Waals surface area (Å²) in [5, 5.41) is 13.8. The van der Waals surface area contributed by atoms with E-state index in [0.29, 0.717) is 17.0 Å². The molecule has 0 aliphatic carbocycles. The molecule has 1 aromatic carbocycles. The number of amides is 2. The van der Waals surface area contributed by atoms with Crippen LogP contribution in [0.1, 0.15) is 31.9 Å². The highest BCUT2D eigenvalue weighted by atomic mass is 16.6. The summed E-state index contributed by atoms with van der Waals surface area (Å²) in [6, 6.07) is 7.14. The number of carbonyl (C=O) groups excluding carboxylic acids is 2. The molecule has 28 heavy (non-hydrogen) atoms. The van der Waals surface area contributed by atoms with Crippen molar-refractivity contribution in [2.24, 2.45) is 0 Å². The monoisotopic (exact) mass is 383 g/mol. The van der Waals surface area contributed by atoms with Crippen LogP contribution in [-0.2, 0) is 9.53 Å². The summed E-state index contributed by atoms with van der Waals surface area (Å²) < 4.78 is 10.6. The molecule has 0 aliphatic heterocycles. The maximum Gasteiger partial charge on any atom is 0.408 e. The standard InChI is InChI=1S/C19H21N5O4/c1-12-7-13(8-20)5-6-15(12)27-17-21-9-14(10-22-17)24-16(25)11-23-18(26)28-19(2,3)4/h5-7,9-10H,11H2,1-4H3,(H,23,26)(H,24,25). The number of nitrogens with zero attached hydrogens (tertiary/aromatic N) is 3. The topological polar surface area (TPSA) is 126 Å². The number of anilines is 1. The number of nitrogens with one attached hydrogen (secondary N) is 2. The molecule has 1 heterocycles. The normalized spacial score (nSPS) is 10.5. The van der Waals surface area contributed by atoms with Crippen LogP contribution in [0.15, 0.2) is 30.6 Å². The molecule has 0 unspecified atom stereocenters. The van der Waals surface area contributed by atoms with Crippen molar-refractivity contribution in [3.05, 3.63) is 41.7 Å². The van der Waals surface area contributed by atoms with E-state index in [1.807, 2.05) is 6.92 Å². The number of ether oxygens (including phenoxy) is 2. The average Bonchev–Trinajstić information content (AvgIpc) is 2.62. The van der Waals surface area contributed by atoms with Gasteiger partial charge in [0.05, 0.1) is 29.7 Å². The summed E-state index contributed by atoms with van der Waals surface area (Å²) in [5.41, 5.74) is 1.01. The molecule has 1 aromatic heterocycles. The van der Waals surface area contributed by atoms with Crippen molar-refractivity contribution in [2.45, 2.75) is 33.3 Å². The fourth-order valence-corrected chi connectivity index (χ4v) is 2.04. The van der Waals surface area contributed by atoms with E-state index in [2.05, 4.69) is 26.7 Å². The molecule has 0 fully saturated rings. The van der Waals surface area contributed by atoms with Gasteiger partial charge in [0, 0.05) is 0 Å². The van der Waals surface area contributed by atoms with Gasteiger partial charge >= 0.3 is 12.1 Å². The lowest BCUT2D eigenvalue weighted by atomic mass is 10.1. The molecule has 9 nitrogen and oxygen atoms in total. The van der Waals surface area contributed by atoms with E-state index in [4.69, 9.17) is 14.7 Å². The lowest BCUT2D eigenvalue weighted by molar-refractivity contribution is -0.115. The van der Waals surface area contributed by atoms with Gasteiger partial charge in [0.2, 0.25) is 5.91 Å². The highest BCUT2D eigenvalue weighted by Crippen LogP contribution is 2.23. The maximum absolute atomic E-state index is 11.9. The van der Waals surface area contributed by atoms with Gasteiger partial charge in [-0.05, 0) is 51.5 Å². The number of hydrogen-bond donors (Lipinski definition) is 2. The molecule has 146 valence electrons. The Bertz CT molecular complexity index is 898. The Morgan fingerprint density at radius 1 is 1.21 bits per heavy atom. The van der Waals surface area contributed by atoms with Gasteiger partial charge in [0.15, 0.2) is 0 Å². The SMILES string of the molecule is Cc1cc(C#N)ccc1Oc1ncc(NC(=O)CNC(=O)OC(C)(C)C)cn1. The van der Waals surface area contributed by atoms with E-state index in [0.717, 1.165) is 5.56 Å². The van der Waals surface area contributed by atoms with Gasteiger partial charge in [0.25, 0.3) is 0 Å². The third-order valence-electron chi connectivity index (χ3n) is 3.21. The summed E-state index contributed by atoms with van der Waals surface area (Å²) in [6.07, 6.45) is 2.08. The number of alkyl carbamates (subject to hydrolysis) is 1. The second kappa shape index (κ2) is 8.81. The van der Waals surface area contributed by atoms with E-state index >= 15 is 0 Å². The second-order valence-electron chi connectivity index (χ2n) is 6.85. The van der Waals surface area contributed by atoms with Crippen LogP contribution in [0.5, 0.6) is 11.8 Å². The number of hydrogen-bond acceptors (Lipinski definition) is 7. The molecule has 2 aromatic rings. The van der Waals surface area contributed by atoms with Crippen LogP contribution in [0, 0.1) is 18.3 Å². The first-order chi connectivity index (χ1) is 13.2. The average molecular weight is 383 g/mol. The van der Waals surface area contributed by atoms with Crippen molar-refractivity contribution in [2.75, 3.05) is 11.9 Å². The summed E-state index contributed by atoms with van der Waals surface area (Å²) >= 11 is 0. The number of rotatable bonds is 5. The first-order valence-electron chi connectivity index (χ1n) is 8.43. The molecule has 0 bridgehead atoms. The van der Waals surface area contributed by atoms with Gasteiger partial charge in [-0.1, -0.05) is 0 Å². The van der Waals surface area contributed by atoms with E-state index in [9.17, 15) is 9.59 Å². The molecule has 2 N–H and O–H groups in total. The minimum atomic E-state index is -0.680. The number of aryl methyl sites for hydroxylation is 1. The fraction of sp³-hybridized carbons (Fsp3) is 0.316. The Balaban J connectivity index is 1.88. The molecule has 2 amide bonds. The van der Waals surface area contributed by atoms with Gasteiger partial charge in [-0.15, -0.1) is 0 Å². The first-order valence-corrected chi connectivity index (χ1v) is 8.43. The number of aromatic nitrogens is 2. The van der Waals surface area contributed by atoms with Crippen LogP contribution >= 0.6 is 0 Å². The molecule has 0 radical (unpaired) electrons. The summed E-state index contributed by atoms with van der Waals surface area (Å²) in [5.74, 6) is 0.0726.